The van der Waals surface area contributed by atoms with Crippen LogP contribution in [0.15, 0.2) is 24.5 Å². The van der Waals surface area contributed by atoms with Crippen LogP contribution >= 0.6 is 0 Å². The molecule has 1 N–H and O–H groups in total. The zero-order valence-electron chi connectivity index (χ0n) is 12.0. The zero-order chi connectivity index (χ0) is 14.2. The van der Waals surface area contributed by atoms with Crippen LogP contribution in [0.3, 0.4) is 0 Å². The Morgan fingerprint density at radius 2 is 2.50 bits per heavy atom. The molecule has 0 unspecified atom stereocenters. The van der Waals surface area contributed by atoms with Crippen molar-refractivity contribution in [3.63, 3.8) is 0 Å². The first-order valence-corrected chi connectivity index (χ1v) is 7.16. The van der Waals surface area contributed by atoms with E-state index in [-0.39, 0.29) is 5.91 Å². The third-order valence-electron chi connectivity index (χ3n) is 3.45. The largest absolute Gasteiger partial charge is 0.381 e. The van der Waals surface area contributed by atoms with Crippen molar-refractivity contribution < 1.29 is 9.53 Å². The van der Waals surface area contributed by atoms with E-state index in [0.29, 0.717) is 19.0 Å². The second kappa shape index (κ2) is 7.97. The minimum absolute atomic E-state index is 0.0491. The standard InChI is InChI=1S/C15H23N3O2/c1-18(10-14-5-3-7-20-12-14)11-15(19)17-9-13-4-2-6-16-8-13/h2,4,6,8,14H,3,5,7,9-12H2,1H3,(H,17,19)/t14-/m1/s1. The fourth-order valence-electron chi connectivity index (χ4n) is 2.46. The average molecular weight is 277 g/mol. The van der Waals surface area contributed by atoms with E-state index in [9.17, 15) is 4.79 Å². The maximum atomic E-state index is 11.9. The second-order valence-electron chi connectivity index (χ2n) is 5.42. The molecule has 1 saturated heterocycles. The third kappa shape index (κ3) is 5.27. The molecule has 1 atom stereocenters. The summed E-state index contributed by atoms with van der Waals surface area (Å²) in [5.41, 5.74) is 1.02. The highest BCUT2D eigenvalue weighted by atomic mass is 16.5. The highest BCUT2D eigenvalue weighted by molar-refractivity contribution is 5.77. The number of ether oxygens (including phenoxy) is 1. The maximum Gasteiger partial charge on any atom is 0.234 e. The van der Waals surface area contributed by atoms with Crippen molar-refractivity contribution in [2.45, 2.75) is 19.4 Å². The van der Waals surface area contributed by atoms with Crippen LogP contribution in [0.5, 0.6) is 0 Å². The van der Waals surface area contributed by atoms with Gasteiger partial charge in [0, 0.05) is 32.1 Å². The van der Waals surface area contributed by atoms with Crippen LogP contribution in [0.2, 0.25) is 0 Å². The van der Waals surface area contributed by atoms with Gasteiger partial charge < -0.3 is 10.1 Å². The number of likely N-dealkylation sites (N-methyl/N-ethyl adjacent to an activating group) is 1. The van der Waals surface area contributed by atoms with Gasteiger partial charge in [-0.1, -0.05) is 6.07 Å². The molecule has 1 aliphatic rings. The summed E-state index contributed by atoms with van der Waals surface area (Å²) in [6.45, 7) is 3.58. The first-order chi connectivity index (χ1) is 9.74. The van der Waals surface area contributed by atoms with Crippen LogP contribution in [-0.4, -0.2) is 49.1 Å². The number of hydrogen-bond donors (Lipinski definition) is 1. The molecule has 110 valence electrons. The molecule has 1 aromatic heterocycles. The lowest BCUT2D eigenvalue weighted by atomic mass is 10.0. The fraction of sp³-hybridized carbons (Fsp3) is 0.600. The van der Waals surface area contributed by atoms with Crippen molar-refractivity contribution in [1.82, 2.24) is 15.2 Å². The van der Waals surface area contributed by atoms with Gasteiger partial charge in [-0.3, -0.25) is 14.7 Å². The smallest absolute Gasteiger partial charge is 0.234 e. The van der Waals surface area contributed by atoms with E-state index in [4.69, 9.17) is 4.74 Å². The van der Waals surface area contributed by atoms with E-state index < -0.39 is 0 Å². The SMILES string of the molecule is CN(CC(=O)NCc1cccnc1)C[C@H]1CCCOC1. The topological polar surface area (TPSA) is 54.5 Å². The molecule has 0 spiro atoms. The van der Waals surface area contributed by atoms with Crippen LogP contribution in [-0.2, 0) is 16.1 Å². The number of nitrogens with zero attached hydrogens (tertiary/aromatic N) is 2. The molecule has 0 aromatic carbocycles. The maximum absolute atomic E-state index is 11.9. The van der Waals surface area contributed by atoms with Crippen molar-refractivity contribution in [2.75, 3.05) is 33.4 Å². The zero-order valence-corrected chi connectivity index (χ0v) is 12.0. The Morgan fingerprint density at radius 1 is 1.60 bits per heavy atom. The molecule has 1 fully saturated rings. The number of rotatable bonds is 6. The lowest BCUT2D eigenvalue weighted by molar-refractivity contribution is -0.122. The van der Waals surface area contributed by atoms with Gasteiger partial charge in [-0.2, -0.15) is 0 Å². The molecule has 0 bridgehead atoms. The Hall–Kier alpha value is -1.46. The van der Waals surface area contributed by atoms with Gasteiger partial charge in [0.1, 0.15) is 0 Å². The lowest BCUT2D eigenvalue weighted by Crippen LogP contribution is -2.38. The highest BCUT2D eigenvalue weighted by Gasteiger charge is 2.17. The number of nitrogens with one attached hydrogen (secondary N) is 1. The number of amides is 1. The number of carbonyl (C=O) groups excluding carboxylic acids is 1. The summed E-state index contributed by atoms with van der Waals surface area (Å²) in [5.74, 6) is 0.605. The molecule has 0 radical (unpaired) electrons. The van der Waals surface area contributed by atoms with E-state index in [1.54, 1.807) is 12.4 Å². The van der Waals surface area contributed by atoms with Crippen molar-refractivity contribution in [3.05, 3.63) is 30.1 Å². The number of aromatic nitrogens is 1. The van der Waals surface area contributed by atoms with Gasteiger partial charge in [-0.05, 0) is 37.4 Å². The molecule has 0 aliphatic carbocycles. The summed E-state index contributed by atoms with van der Waals surface area (Å²) in [5, 5.41) is 2.92. The number of hydrogen-bond acceptors (Lipinski definition) is 4. The molecule has 5 nitrogen and oxygen atoms in total. The van der Waals surface area contributed by atoms with Gasteiger partial charge in [0.25, 0.3) is 0 Å². The number of carbonyl (C=O) groups is 1. The molecule has 1 aliphatic heterocycles. The first-order valence-electron chi connectivity index (χ1n) is 7.16. The van der Waals surface area contributed by atoms with Crippen LogP contribution in [0, 0.1) is 5.92 Å². The fourth-order valence-corrected chi connectivity index (χ4v) is 2.46. The van der Waals surface area contributed by atoms with E-state index >= 15 is 0 Å². The molecule has 2 heterocycles. The summed E-state index contributed by atoms with van der Waals surface area (Å²) in [4.78, 5) is 18.0. The van der Waals surface area contributed by atoms with E-state index in [0.717, 1.165) is 31.7 Å². The third-order valence-corrected chi connectivity index (χ3v) is 3.45. The predicted octanol–water partition coefficient (Wildman–Crippen LogP) is 1.06. The van der Waals surface area contributed by atoms with Gasteiger partial charge >= 0.3 is 0 Å². The van der Waals surface area contributed by atoms with Crippen LogP contribution < -0.4 is 5.32 Å². The van der Waals surface area contributed by atoms with Gasteiger partial charge in [-0.25, -0.2) is 0 Å². The first kappa shape index (κ1) is 14.9. The summed E-state index contributed by atoms with van der Waals surface area (Å²) in [7, 11) is 1.98. The summed E-state index contributed by atoms with van der Waals surface area (Å²) in [6, 6.07) is 3.83. The Morgan fingerprint density at radius 3 is 3.20 bits per heavy atom. The Kier molecular flexibility index (Phi) is 5.95. The Bertz CT molecular complexity index is 405. The van der Waals surface area contributed by atoms with Crippen molar-refractivity contribution >= 4 is 5.91 Å². The van der Waals surface area contributed by atoms with Crippen LogP contribution in [0.4, 0.5) is 0 Å². The second-order valence-corrected chi connectivity index (χ2v) is 5.42. The quantitative estimate of drug-likeness (QED) is 0.844. The molecule has 2 rings (SSSR count). The van der Waals surface area contributed by atoms with Crippen molar-refractivity contribution in [3.8, 4) is 0 Å². The predicted molar refractivity (Wildman–Crippen MR) is 77.1 cm³/mol. The molecule has 1 amide bonds. The molecular formula is C15H23N3O2. The van der Waals surface area contributed by atoms with Gasteiger partial charge in [0.2, 0.25) is 5.91 Å². The van der Waals surface area contributed by atoms with Crippen molar-refractivity contribution in [1.29, 1.82) is 0 Å². The monoisotopic (exact) mass is 277 g/mol. The van der Waals surface area contributed by atoms with Gasteiger partial charge in [-0.15, -0.1) is 0 Å². The van der Waals surface area contributed by atoms with E-state index in [2.05, 4.69) is 15.2 Å². The molecule has 20 heavy (non-hydrogen) atoms. The summed E-state index contributed by atoms with van der Waals surface area (Å²) >= 11 is 0. The van der Waals surface area contributed by atoms with E-state index in [1.807, 2.05) is 19.2 Å². The Balaban J connectivity index is 1.65. The lowest BCUT2D eigenvalue weighted by Gasteiger charge is -2.26. The molecule has 5 heteroatoms. The minimum Gasteiger partial charge on any atom is -0.381 e. The van der Waals surface area contributed by atoms with Gasteiger partial charge in [0.05, 0.1) is 13.2 Å². The van der Waals surface area contributed by atoms with Crippen molar-refractivity contribution in [2.24, 2.45) is 5.92 Å². The normalized spacial score (nSPS) is 19.0. The minimum atomic E-state index is 0.0491. The highest BCUT2D eigenvalue weighted by Crippen LogP contribution is 2.14. The molecule has 1 aromatic rings. The van der Waals surface area contributed by atoms with E-state index in [1.165, 1.54) is 6.42 Å². The van der Waals surface area contributed by atoms with Crippen LogP contribution in [0.25, 0.3) is 0 Å². The number of pyridine rings is 1. The summed E-state index contributed by atoms with van der Waals surface area (Å²) < 4.78 is 5.46. The Labute approximate surface area is 120 Å². The average Bonchev–Trinajstić information content (AvgIpc) is 2.47. The summed E-state index contributed by atoms with van der Waals surface area (Å²) in [6.07, 6.45) is 5.82. The molecular weight excluding hydrogens is 254 g/mol. The van der Waals surface area contributed by atoms with Crippen LogP contribution in [0.1, 0.15) is 18.4 Å². The molecule has 0 saturated carbocycles. The van der Waals surface area contributed by atoms with Gasteiger partial charge in [0.15, 0.2) is 0 Å².